The van der Waals surface area contributed by atoms with Crippen molar-refractivity contribution in [3.8, 4) is 0 Å². The van der Waals surface area contributed by atoms with E-state index < -0.39 is 5.97 Å². The topological polar surface area (TPSA) is 72.5 Å². The van der Waals surface area contributed by atoms with Gasteiger partial charge in [-0.3, -0.25) is 0 Å². The molecule has 0 aromatic heterocycles. The van der Waals surface area contributed by atoms with Crippen LogP contribution in [0.15, 0.2) is 12.0 Å². The summed E-state index contributed by atoms with van der Waals surface area (Å²) < 4.78 is 4.30. The van der Waals surface area contributed by atoms with Crippen LogP contribution in [0.4, 0.5) is 0 Å². The van der Waals surface area contributed by atoms with Gasteiger partial charge in [-0.15, -0.1) is 0 Å². The predicted octanol–water partition coefficient (Wildman–Crippen LogP) is -0.482. The fraction of sp³-hybridized carbons (Fsp3) is 0.250. The zero-order chi connectivity index (χ0) is 6.57. The standard InChI is InChI=1S/C4H7NO3/c1-8-2-3(5)4(6)7/h2H,5H2,1H3,(H,6,7)/b3-2-. The quantitative estimate of drug-likeness (QED) is 0.378. The van der Waals surface area contributed by atoms with Crippen molar-refractivity contribution in [1.82, 2.24) is 0 Å². The number of rotatable bonds is 2. The monoisotopic (exact) mass is 117 g/mol. The lowest BCUT2D eigenvalue weighted by Gasteiger charge is -1.89. The highest BCUT2D eigenvalue weighted by Gasteiger charge is 1.97. The second kappa shape index (κ2) is 2.90. The number of methoxy groups -OCH3 is 1. The molecule has 0 amide bonds. The average Bonchev–Trinajstić information content (AvgIpc) is 1.67. The molecule has 0 aromatic carbocycles. The van der Waals surface area contributed by atoms with Gasteiger partial charge in [0.1, 0.15) is 6.26 Å². The van der Waals surface area contributed by atoms with Gasteiger partial charge in [0.25, 0.3) is 0 Å². The molecule has 3 N–H and O–H groups in total. The largest absolute Gasteiger partial charge is 0.502 e. The van der Waals surface area contributed by atoms with Crippen LogP contribution >= 0.6 is 0 Å². The van der Waals surface area contributed by atoms with Crippen LogP contribution in [0.3, 0.4) is 0 Å². The minimum absolute atomic E-state index is 0.299. The maximum Gasteiger partial charge on any atom is 0.354 e. The molecular formula is C4H7NO3. The third-order valence-corrected chi connectivity index (χ3v) is 0.492. The van der Waals surface area contributed by atoms with E-state index in [-0.39, 0.29) is 5.70 Å². The van der Waals surface area contributed by atoms with E-state index in [1.807, 2.05) is 0 Å². The minimum Gasteiger partial charge on any atom is -0.502 e. The van der Waals surface area contributed by atoms with Gasteiger partial charge in [-0.25, -0.2) is 4.79 Å². The van der Waals surface area contributed by atoms with Gasteiger partial charge in [0.15, 0.2) is 5.70 Å². The molecule has 0 atom stereocenters. The maximum absolute atomic E-state index is 9.82. The number of carboxylic acid groups (broad SMARTS) is 1. The molecule has 0 fully saturated rings. The molecule has 0 aliphatic heterocycles. The van der Waals surface area contributed by atoms with E-state index in [1.165, 1.54) is 7.11 Å². The van der Waals surface area contributed by atoms with Gasteiger partial charge in [0.2, 0.25) is 0 Å². The molecule has 0 saturated carbocycles. The third-order valence-electron chi connectivity index (χ3n) is 0.492. The van der Waals surface area contributed by atoms with E-state index in [0.717, 1.165) is 6.26 Å². The van der Waals surface area contributed by atoms with Crippen LogP contribution in [-0.2, 0) is 9.53 Å². The van der Waals surface area contributed by atoms with E-state index in [1.54, 1.807) is 0 Å². The number of nitrogens with two attached hydrogens (primary N) is 1. The lowest BCUT2D eigenvalue weighted by atomic mass is 10.5. The van der Waals surface area contributed by atoms with Gasteiger partial charge in [-0.1, -0.05) is 0 Å². The Morgan fingerprint density at radius 2 is 2.38 bits per heavy atom. The zero-order valence-corrected chi connectivity index (χ0v) is 4.42. The van der Waals surface area contributed by atoms with Crippen molar-refractivity contribution < 1.29 is 14.6 Å². The Morgan fingerprint density at radius 3 is 2.50 bits per heavy atom. The van der Waals surface area contributed by atoms with Crippen LogP contribution < -0.4 is 5.73 Å². The van der Waals surface area contributed by atoms with Crippen molar-refractivity contribution in [1.29, 1.82) is 0 Å². The zero-order valence-electron chi connectivity index (χ0n) is 4.42. The number of hydrogen-bond acceptors (Lipinski definition) is 3. The first-order valence-electron chi connectivity index (χ1n) is 1.90. The van der Waals surface area contributed by atoms with Gasteiger partial charge in [0, 0.05) is 0 Å². The molecule has 46 valence electrons. The highest BCUT2D eigenvalue weighted by Crippen LogP contribution is 1.80. The molecule has 0 aliphatic carbocycles. The first-order valence-corrected chi connectivity index (χ1v) is 1.90. The van der Waals surface area contributed by atoms with E-state index in [2.05, 4.69) is 4.74 Å². The van der Waals surface area contributed by atoms with Crippen LogP contribution in [0, 0.1) is 0 Å². The first kappa shape index (κ1) is 6.81. The SMILES string of the molecule is CO/C=C(\N)C(=O)O. The van der Waals surface area contributed by atoms with E-state index in [4.69, 9.17) is 10.8 Å². The number of hydrogen-bond donors (Lipinski definition) is 2. The summed E-state index contributed by atoms with van der Waals surface area (Å²) in [5.41, 5.74) is 4.56. The Kier molecular flexibility index (Phi) is 2.47. The molecule has 8 heavy (non-hydrogen) atoms. The van der Waals surface area contributed by atoms with Crippen molar-refractivity contribution in [2.24, 2.45) is 5.73 Å². The molecule has 0 radical (unpaired) electrons. The van der Waals surface area contributed by atoms with Crippen LogP contribution in [0.5, 0.6) is 0 Å². The molecule has 4 heteroatoms. The fourth-order valence-corrected chi connectivity index (χ4v) is 0.177. The van der Waals surface area contributed by atoms with Crippen molar-refractivity contribution in [3.05, 3.63) is 12.0 Å². The number of carboxylic acids is 1. The van der Waals surface area contributed by atoms with Crippen molar-refractivity contribution in [2.75, 3.05) is 7.11 Å². The lowest BCUT2D eigenvalue weighted by molar-refractivity contribution is -0.132. The van der Waals surface area contributed by atoms with Crippen molar-refractivity contribution in [3.63, 3.8) is 0 Å². The molecule has 4 nitrogen and oxygen atoms in total. The molecule has 0 spiro atoms. The van der Waals surface area contributed by atoms with Crippen LogP contribution in [0.25, 0.3) is 0 Å². The molecule has 0 rings (SSSR count). The normalized spacial score (nSPS) is 10.9. The second-order valence-corrected chi connectivity index (χ2v) is 1.11. The lowest BCUT2D eigenvalue weighted by Crippen LogP contribution is -2.09. The highest BCUT2D eigenvalue weighted by atomic mass is 16.5. The number of aliphatic carboxylic acids is 1. The molecule has 0 saturated heterocycles. The second-order valence-electron chi connectivity index (χ2n) is 1.11. The summed E-state index contributed by atoms with van der Waals surface area (Å²) >= 11 is 0. The molecule has 0 bridgehead atoms. The summed E-state index contributed by atoms with van der Waals surface area (Å²) in [6, 6.07) is 0. The molecular weight excluding hydrogens is 110 g/mol. The van der Waals surface area contributed by atoms with Gasteiger partial charge in [-0.05, 0) is 0 Å². The number of ether oxygens (including phenoxy) is 1. The Hall–Kier alpha value is -1.19. The first-order chi connectivity index (χ1) is 3.68. The summed E-state index contributed by atoms with van der Waals surface area (Å²) in [6.07, 6.45) is 0.961. The van der Waals surface area contributed by atoms with E-state index in [9.17, 15) is 4.79 Å². The molecule has 0 aromatic rings. The van der Waals surface area contributed by atoms with Gasteiger partial charge in [0.05, 0.1) is 7.11 Å². The maximum atomic E-state index is 9.82. The fourth-order valence-electron chi connectivity index (χ4n) is 0.177. The summed E-state index contributed by atoms with van der Waals surface area (Å²) in [7, 11) is 1.33. The Balaban J connectivity index is 3.80. The van der Waals surface area contributed by atoms with Crippen LogP contribution in [0.1, 0.15) is 0 Å². The van der Waals surface area contributed by atoms with E-state index in [0.29, 0.717) is 0 Å². The van der Waals surface area contributed by atoms with Crippen molar-refractivity contribution >= 4 is 5.97 Å². The predicted molar refractivity (Wildman–Crippen MR) is 26.9 cm³/mol. The molecule has 0 unspecified atom stereocenters. The Labute approximate surface area is 46.6 Å². The molecule has 0 heterocycles. The smallest absolute Gasteiger partial charge is 0.354 e. The van der Waals surface area contributed by atoms with Crippen molar-refractivity contribution in [2.45, 2.75) is 0 Å². The van der Waals surface area contributed by atoms with E-state index >= 15 is 0 Å². The molecule has 0 aliphatic rings. The minimum atomic E-state index is -1.17. The Bertz CT molecular complexity index is 118. The van der Waals surface area contributed by atoms with Gasteiger partial charge < -0.3 is 15.6 Å². The summed E-state index contributed by atoms with van der Waals surface area (Å²) in [4.78, 5) is 9.82. The third kappa shape index (κ3) is 2.07. The number of carbonyl (C=O) groups is 1. The van der Waals surface area contributed by atoms with Gasteiger partial charge >= 0.3 is 5.97 Å². The summed E-state index contributed by atoms with van der Waals surface area (Å²) in [6.45, 7) is 0. The van der Waals surface area contributed by atoms with Gasteiger partial charge in [-0.2, -0.15) is 0 Å². The Morgan fingerprint density at radius 1 is 1.88 bits per heavy atom. The summed E-state index contributed by atoms with van der Waals surface area (Å²) in [5.74, 6) is -1.17. The average molecular weight is 117 g/mol. The summed E-state index contributed by atoms with van der Waals surface area (Å²) in [5, 5.41) is 8.04. The van der Waals surface area contributed by atoms with Crippen LogP contribution in [-0.4, -0.2) is 18.2 Å². The van der Waals surface area contributed by atoms with Crippen LogP contribution in [0.2, 0.25) is 0 Å². The highest BCUT2D eigenvalue weighted by molar-refractivity contribution is 5.84.